The molecule has 0 bridgehead atoms. The maximum Gasteiger partial charge on any atom is 0.0751 e. The van der Waals surface area contributed by atoms with E-state index in [2.05, 4.69) is 35.4 Å². The minimum atomic E-state index is 0.768. The molecule has 1 aromatic heterocycles. The van der Waals surface area contributed by atoms with E-state index < -0.39 is 0 Å². The topological polar surface area (TPSA) is 24.9 Å². The Balaban J connectivity index is 2.12. The Morgan fingerprint density at radius 1 is 0.950 bits per heavy atom. The van der Waals surface area contributed by atoms with E-state index in [4.69, 9.17) is 11.6 Å². The number of anilines is 2. The standard InChI is InChI=1S/C17H15ClN2/c1-11-5-3-6-13-16(9-10-19-17(11)13)20-15-8-4-7-14(18)12(15)2/h3-10H,1-2H3,(H,19,20). The molecule has 1 heterocycles. The van der Waals surface area contributed by atoms with Crippen molar-refractivity contribution in [2.75, 3.05) is 5.32 Å². The minimum absolute atomic E-state index is 0.768. The minimum Gasteiger partial charge on any atom is -0.355 e. The van der Waals surface area contributed by atoms with Crippen molar-refractivity contribution in [2.45, 2.75) is 13.8 Å². The van der Waals surface area contributed by atoms with Gasteiger partial charge in [0.15, 0.2) is 0 Å². The van der Waals surface area contributed by atoms with E-state index in [0.29, 0.717) is 0 Å². The number of halogens is 1. The Bertz CT molecular complexity index is 781. The number of pyridine rings is 1. The number of aromatic nitrogens is 1. The molecule has 2 nitrogen and oxygen atoms in total. The van der Waals surface area contributed by atoms with Gasteiger partial charge in [-0.15, -0.1) is 0 Å². The number of benzene rings is 2. The van der Waals surface area contributed by atoms with Crippen molar-refractivity contribution in [1.82, 2.24) is 4.98 Å². The lowest BCUT2D eigenvalue weighted by atomic mass is 10.1. The smallest absolute Gasteiger partial charge is 0.0751 e. The largest absolute Gasteiger partial charge is 0.355 e. The van der Waals surface area contributed by atoms with Crippen molar-refractivity contribution in [3.63, 3.8) is 0 Å². The third-order valence-electron chi connectivity index (χ3n) is 3.51. The van der Waals surface area contributed by atoms with Crippen LogP contribution in [0.15, 0.2) is 48.7 Å². The molecule has 0 fully saturated rings. The van der Waals surface area contributed by atoms with Crippen LogP contribution in [0.2, 0.25) is 5.02 Å². The number of nitrogens with one attached hydrogen (secondary N) is 1. The van der Waals surface area contributed by atoms with Crippen molar-refractivity contribution >= 4 is 33.9 Å². The molecular formula is C17H15ClN2. The summed E-state index contributed by atoms with van der Waals surface area (Å²) in [6.07, 6.45) is 1.83. The third kappa shape index (κ3) is 2.23. The Morgan fingerprint density at radius 3 is 2.60 bits per heavy atom. The fraction of sp³-hybridized carbons (Fsp3) is 0.118. The molecular weight excluding hydrogens is 268 g/mol. The fourth-order valence-corrected chi connectivity index (χ4v) is 2.50. The van der Waals surface area contributed by atoms with Gasteiger partial charge in [-0.2, -0.15) is 0 Å². The lowest BCUT2D eigenvalue weighted by Crippen LogP contribution is -1.95. The summed E-state index contributed by atoms with van der Waals surface area (Å²) in [6.45, 7) is 4.09. The monoisotopic (exact) mass is 282 g/mol. The first-order chi connectivity index (χ1) is 9.66. The van der Waals surface area contributed by atoms with E-state index in [0.717, 1.165) is 32.9 Å². The zero-order chi connectivity index (χ0) is 14.1. The first kappa shape index (κ1) is 12.9. The molecule has 0 radical (unpaired) electrons. The zero-order valence-corrected chi connectivity index (χ0v) is 12.2. The van der Waals surface area contributed by atoms with E-state index in [1.807, 2.05) is 37.4 Å². The van der Waals surface area contributed by atoms with E-state index in [-0.39, 0.29) is 0 Å². The molecule has 0 atom stereocenters. The van der Waals surface area contributed by atoms with E-state index >= 15 is 0 Å². The van der Waals surface area contributed by atoms with Crippen LogP contribution in [0.3, 0.4) is 0 Å². The van der Waals surface area contributed by atoms with Crippen LogP contribution in [0.5, 0.6) is 0 Å². The highest BCUT2D eigenvalue weighted by Gasteiger charge is 2.06. The average molecular weight is 283 g/mol. The van der Waals surface area contributed by atoms with Crippen LogP contribution >= 0.6 is 11.6 Å². The summed E-state index contributed by atoms with van der Waals surface area (Å²) in [5.74, 6) is 0. The van der Waals surface area contributed by atoms with Gasteiger partial charge < -0.3 is 5.32 Å². The van der Waals surface area contributed by atoms with Gasteiger partial charge in [-0.3, -0.25) is 4.98 Å². The predicted molar refractivity (Wildman–Crippen MR) is 86.0 cm³/mol. The van der Waals surface area contributed by atoms with Crippen LogP contribution in [-0.4, -0.2) is 4.98 Å². The number of hydrogen-bond donors (Lipinski definition) is 1. The van der Waals surface area contributed by atoms with Crippen molar-refractivity contribution in [2.24, 2.45) is 0 Å². The van der Waals surface area contributed by atoms with Gasteiger partial charge in [-0.1, -0.05) is 35.9 Å². The first-order valence-electron chi connectivity index (χ1n) is 6.53. The molecule has 0 aliphatic rings. The first-order valence-corrected chi connectivity index (χ1v) is 6.91. The van der Waals surface area contributed by atoms with Crippen molar-refractivity contribution in [3.05, 3.63) is 64.8 Å². The lowest BCUT2D eigenvalue weighted by molar-refractivity contribution is 1.36. The maximum atomic E-state index is 6.17. The summed E-state index contributed by atoms with van der Waals surface area (Å²) in [6, 6.07) is 14.1. The molecule has 1 N–H and O–H groups in total. The molecule has 20 heavy (non-hydrogen) atoms. The third-order valence-corrected chi connectivity index (χ3v) is 3.92. The van der Waals surface area contributed by atoms with Gasteiger partial charge >= 0.3 is 0 Å². The summed E-state index contributed by atoms with van der Waals surface area (Å²) in [7, 11) is 0. The molecule has 100 valence electrons. The van der Waals surface area contributed by atoms with Gasteiger partial charge in [0.05, 0.1) is 5.52 Å². The summed E-state index contributed by atoms with van der Waals surface area (Å²) < 4.78 is 0. The fourth-order valence-electron chi connectivity index (χ4n) is 2.32. The summed E-state index contributed by atoms with van der Waals surface area (Å²) in [5.41, 5.74) is 5.31. The number of para-hydroxylation sites is 1. The molecule has 0 saturated carbocycles. The number of aryl methyl sites for hydroxylation is 1. The van der Waals surface area contributed by atoms with E-state index in [1.54, 1.807) is 0 Å². The predicted octanol–water partition coefficient (Wildman–Crippen LogP) is 5.25. The lowest BCUT2D eigenvalue weighted by Gasteiger charge is -2.13. The van der Waals surface area contributed by atoms with Crippen LogP contribution in [0.25, 0.3) is 10.9 Å². The second-order valence-corrected chi connectivity index (χ2v) is 5.27. The molecule has 3 heteroatoms. The van der Waals surface area contributed by atoms with Gasteiger partial charge in [0.25, 0.3) is 0 Å². The molecule has 0 aliphatic heterocycles. The highest BCUT2D eigenvalue weighted by Crippen LogP contribution is 2.30. The highest BCUT2D eigenvalue weighted by molar-refractivity contribution is 6.31. The van der Waals surface area contributed by atoms with Crippen LogP contribution in [-0.2, 0) is 0 Å². The quantitative estimate of drug-likeness (QED) is 0.694. The van der Waals surface area contributed by atoms with Crippen LogP contribution in [0, 0.1) is 13.8 Å². The van der Waals surface area contributed by atoms with Crippen LogP contribution in [0.4, 0.5) is 11.4 Å². The van der Waals surface area contributed by atoms with Crippen LogP contribution in [0.1, 0.15) is 11.1 Å². The van der Waals surface area contributed by atoms with E-state index in [1.165, 1.54) is 5.56 Å². The van der Waals surface area contributed by atoms with Crippen molar-refractivity contribution in [3.8, 4) is 0 Å². The maximum absolute atomic E-state index is 6.17. The number of rotatable bonds is 2. The van der Waals surface area contributed by atoms with Gasteiger partial charge in [-0.25, -0.2) is 0 Å². The molecule has 0 unspecified atom stereocenters. The summed E-state index contributed by atoms with van der Waals surface area (Å²) in [5, 5.41) is 5.34. The normalized spacial score (nSPS) is 10.8. The molecule has 3 aromatic rings. The van der Waals surface area contributed by atoms with Gasteiger partial charge in [0, 0.05) is 28.0 Å². The Kier molecular flexibility index (Phi) is 3.33. The average Bonchev–Trinajstić information content (AvgIpc) is 2.45. The molecule has 0 aliphatic carbocycles. The Labute approximate surface area is 123 Å². The summed E-state index contributed by atoms with van der Waals surface area (Å²) in [4.78, 5) is 4.46. The molecule has 2 aromatic carbocycles. The summed E-state index contributed by atoms with van der Waals surface area (Å²) >= 11 is 6.17. The number of fused-ring (bicyclic) bond motifs is 1. The van der Waals surface area contributed by atoms with E-state index in [9.17, 15) is 0 Å². The number of nitrogens with zero attached hydrogens (tertiary/aromatic N) is 1. The molecule has 0 saturated heterocycles. The Hall–Kier alpha value is -2.06. The molecule has 3 rings (SSSR count). The molecule has 0 amide bonds. The highest BCUT2D eigenvalue weighted by atomic mass is 35.5. The molecule has 0 spiro atoms. The van der Waals surface area contributed by atoms with Crippen molar-refractivity contribution < 1.29 is 0 Å². The second-order valence-electron chi connectivity index (χ2n) is 4.87. The van der Waals surface area contributed by atoms with Gasteiger partial charge in [-0.05, 0) is 43.2 Å². The van der Waals surface area contributed by atoms with Gasteiger partial charge in [0.1, 0.15) is 0 Å². The van der Waals surface area contributed by atoms with Crippen molar-refractivity contribution in [1.29, 1.82) is 0 Å². The van der Waals surface area contributed by atoms with Crippen LogP contribution < -0.4 is 5.32 Å². The second kappa shape index (κ2) is 5.14. The number of hydrogen-bond acceptors (Lipinski definition) is 2. The zero-order valence-electron chi connectivity index (χ0n) is 11.4. The van der Waals surface area contributed by atoms with Gasteiger partial charge in [0.2, 0.25) is 0 Å². The Morgan fingerprint density at radius 2 is 1.75 bits per heavy atom. The SMILES string of the molecule is Cc1c(Cl)cccc1Nc1ccnc2c(C)cccc12.